The van der Waals surface area contributed by atoms with Crippen LogP contribution in [0.25, 0.3) is 0 Å². The Bertz CT molecular complexity index is 721. The van der Waals surface area contributed by atoms with Crippen LogP contribution in [0.1, 0.15) is 17.5 Å². The van der Waals surface area contributed by atoms with Crippen LogP contribution in [0.3, 0.4) is 0 Å². The molecule has 5 nitrogen and oxygen atoms in total. The maximum absolute atomic E-state index is 5.95. The highest BCUT2D eigenvalue weighted by Crippen LogP contribution is 2.27. The Morgan fingerprint density at radius 1 is 1.19 bits per heavy atom. The van der Waals surface area contributed by atoms with Gasteiger partial charge in [-0.25, -0.2) is 0 Å². The van der Waals surface area contributed by atoms with E-state index in [2.05, 4.69) is 39.9 Å². The van der Waals surface area contributed by atoms with Crippen LogP contribution in [0.2, 0.25) is 0 Å². The lowest BCUT2D eigenvalue weighted by Gasteiger charge is -2.15. The summed E-state index contributed by atoms with van der Waals surface area (Å²) in [6.07, 6.45) is 3.13. The maximum atomic E-state index is 5.95. The molecule has 0 radical (unpaired) electrons. The summed E-state index contributed by atoms with van der Waals surface area (Å²) >= 11 is 0. The minimum atomic E-state index is 0.155. The number of benzene rings is 2. The van der Waals surface area contributed by atoms with E-state index in [0.29, 0.717) is 0 Å². The molecule has 2 N–H and O–H groups in total. The second-order valence-electron chi connectivity index (χ2n) is 6.39. The van der Waals surface area contributed by atoms with E-state index in [1.165, 1.54) is 11.1 Å². The average molecular weight is 353 g/mol. The van der Waals surface area contributed by atoms with Crippen LogP contribution in [0.4, 0.5) is 0 Å². The molecule has 1 aliphatic rings. The number of hydrogen-bond acceptors (Lipinski definition) is 3. The summed E-state index contributed by atoms with van der Waals surface area (Å²) in [7, 11) is 3.49. The molecule has 0 fully saturated rings. The van der Waals surface area contributed by atoms with Gasteiger partial charge in [-0.05, 0) is 42.2 Å². The normalized spacial score (nSPS) is 15.9. The number of guanidine groups is 1. The summed E-state index contributed by atoms with van der Waals surface area (Å²) in [5, 5.41) is 6.72. The van der Waals surface area contributed by atoms with Crippen molar-refractivity contribution < 1.29 is 9.47 Å². The fourth-order valence-electron chi connectivity index (χ4n) is 3.13. The van der Waals surface area contributed by atoms with Crippen LogP contribution >= 0.6 is 0 Å². The lowest BCUT2D eigenvalue weighted by atomic mass is 10.1. The van der Waals surface area contributed by atoms with E-state index in [1.807, 2.05) is 24.3 Å². The summed E-state index contributed by atoms with van der Waals surface area (Å²) in [4.78, 5) is 4.29. The SMILES string of the molecule is CN=C(NCCCc1cccc(OC)c1)NCC1Cc2ccccc2O1. The van der Waals surface area contributed by atoms with Crippen molar-refractivity contribution in [1.29, 1.82) is 0 Å². The fraction of sp³-hybridized carbons (Fsp3) is 0.381. The van der Waals surface area contributed by atoms with Crippen LogP contribution in [0, 0.1) is 0 Å². The molecule has 1 atom stereocenters. The molecule has 0 aromatic heterocycles. The maximum Gasteiger partial charge on any atom is 0.191 e. The molecule has 0 spiro atoms. The predicted octanol–water partition coefficient (Wildman–Crippen LogP) is 2.80. The number of aryl methyl sites for hydroxylation is 1. The molecule has 5 heteroatoms. The number of para-hydroxylation sites is 1. The Kier molecular flexibility index (Phi) is 6.36. The van der Waals surface area contributed by atoms with Gasteiger partial charge in [-0.2, -0.15) is 0 Å². The number of methoxy groups -OCH3 is 1. The lowest BCUT2D eigenvalue weighted by Crippen LogP contribution is -2.42. The zero-order chi connectivity index (χ0) is 18.2. The summed E-state index contributed by atoms with van der Waals surface area (Å²) in [6, 6.07) is 16.4. The van der Waals surface area contributed by atoms with Gasteiger partial charge in [0.25, 0.3) is 0 Å². The molecule has 1 unspecified atom stereocenters. The minimum absolute atomic E-state index is 0.155. The number of rotatable bonds is 7. The van der Waals surface area contributed by atoms with Crippen molar-refractivity contribution in [3.8, 4) is 11.5 Å². The summed E-state index contributed by atoms with van der Waals surface area (Å²) in [5.74, 6) is 2.72. The van der Waals surface area contributed by atoms with Crippen molar-refractivity contribution in [3.63, 3.8) is 0 Å². The Morgan fingerprint density at radius 2 is 2.08 bits per heavy atom. The standard InChI is InChI=1S/C21H27N3O2/c1-22-21(23-12-6-8-16-7-5-10-18(13-16)25-2)24-15-19-14-17-9-3-4-11-20(17)26-19/h3-5,7,9-11,13,19H,6,8,12,14-15H2,1-2H3,(H2,22,23,24). The molecule has 0 bridgehead atoms. The largest absolute Gasteiger partial charge is 0.497 e. The van der Waals surface area contributed by atoms with E-state index in [-0.39, 0.29) is 6.10 Å². The third kappa shape index (κ3) is 4.91. The molecule has 2 aromatic rings. The third-order valence-corrected chi connectivity index (χ3v) is 4.50. The third-order valence-electron chi connectivity index (χ3n) is 4.50. The van der Waals surface area contributed by atoms with Gasteiger partial charge in [0.1, 0.15) is 17.6 Å². The molecule has 26 heavy (non-hydrogen) atoms. The molecule has 3 rings (SSSR count). The summed E-state index contributed by atoms with van der Waals surface area (Å²) < 4.78 is 11.2. The number of nitrogens with one attached hydrogen (secondary N) is 2. The van der Waals surface area contributed by atoms with Gasteiger partial charge in [0.05, 0.1) is 13.7 Å². The van der Waals surface area contributed by atoms with Crippen molar-refractivity contribution in [2.75, 3.05) is 27.2 Å². The van der Waals surface area contributed by atoms with Crippen LogP contribution in [-0.4, -0.2) is 39.3 Å². The highest BCUT2D eigenvalue weighted by Gasteiger charge is 2.22. The van der Waals surface area contributed by atoms with Gasteiger partial charge in [0.2, 0.25) is 0 Å². The van der Waals surface area contributed by atoms with Crippen molar-refractivity contribution in [2.24, 2.45) is 4.99 Å². The molecule has 0 amide bonds. The smallest absolute Gasteiger partial charge is 0.191 e. The molecule has 2 aromatic carbocycles. The van der Waals surface area contributed by atoms with Gasteiger partial charge in [0, 0.05) is 20.0 Å². The topological polar surface area (TPSA) is 54.9 Å². The molecule has 138 valence electrons. The van der Waals surface area contributed by atoms with E-state index >= 15 is 0 Å². The highest BCUT2D eigenvalue weighted by atomic mass is 16.5. The Balaban J connectivity index is 1.36. The Morgan fingerprint density at radius 3 is 2.88 bits per heavy atom. The number of aliphatic imine (C=N–C) groups is 1. The zero-order valence-electron chi connectivity index (χ0n) is 15.5. The fourth-order valence-corrected chi connectivity index (χ4v) is 3.13. The number of fused-ring (bicyclic) bond motifs is 1. The first-order valence-electron chi connectivity index (χ1n) is 9.10. The first-order valence-corrected chi connectivity index (χ1v) is 9.10. The molecule has 0 saturated carbocycles. The molecule has 0 aliphatic carbocycles. The van der Waals surface area contributed by atoms with Crippen molar-refractivity contribution in [2.45, 2.75) is 25.4 Å². The van der Waals surface area contributed by atoms with Crippen LogP contribution < -0.4 is 20.1 Å². The van der Waals surface area contributed by atoms with Crippen LogP contribution in [0.15, 0.2) is 53.5 Å². The van der Waals surface area contributed by atoms with Crippen molar-refractivity contribution in [1.82, 2.24) is 10.6 Å². The monoisotopic (exact) mass is 353 g/mol. The van der Waals surface area contributed by atoms with E-state index in [4.69, 9.17) is 9.47 Å². The number of nitrogens with zero attached hydrogens (tertiary/aromatic N) is 1. The predicted molar refractivity (Wildman–Crippen MR) is 105 cm³/mol. The second kappa shape index (κ2) is 9.13. The first kappa shape index (κ1) is 18.1. The molecule has 1 aliphatic heterocycles. The van der Waals surface area contributed by atoms with Crippen molar-refractivity contribution in [3.05, 3.63) is 59.7 Å². The van der Waals surface area contributed by atoms with Crippen LogP contribution in [0.5, 0.6) is 11.5 Å². The highest BCUT2D eigenvalue weighted by molar-refractivity contribution is 5.79. The first-order chi connectivity index (χ1) is 12.8. The van der Waals surface area contributed by atoms with Gasteiger partial charge >= 0.3 is 0 Å². The average Bonchev–Trinajstić information content (AvgIpc) is 3.10. The zero-order valence-corrected chi connectivity index (χ0v) is 15.5. The summed E-state index contributed by atoms with van der Waals surface area (Å²) in [6.45, 7) is 1.60. The number of hydrogen-bond donors (Lipinski definition) is 2. The van der Waals surface area contributed by atoms with Gasteiger partial charge < -0.3 is 20.1 Å². The van der Waals surface area contributed by atoms with E-state index < -0.39 is 0 Å². The van der Waals surface area contributed by atoms with Crippen molar-refractivity contribution >= 4 is 5.96 Å². The number of ether oxygens (including phenoxy) is 2. The quantitative estimate of drug-likeness (QED) is 0.457. The Labute approximate surface area is 155 Å². The second-order valence-corrected chi connectivity index (χ2v) is 6.39. The van der Waals surface area contributed by atoms with Crippen LogP contribution in [-0.2, 0) is 12.8 Å². The minimum Gasteiger partial charge on any atom is -0.497 e. The van der Waals surface area contributed by atoms with Gasteiger partial charge in [-0.3, -0.25) is 4.99 Å². The summed E-state index contributed by atoms with van der Waals surface area (Å²) in [5.41, 5.74) is 2.56. The van der Waals surface area contributed by atoms with E-state index in [0.717, 1.165) is 49.8 Å². The van der Waals surface area contributed by atoms with Gasteiger partial charge in [-0.1, -0.05) is 30.3 Å². The lowest BCUT2D eigenvalue weighted by molar-refractivity contribution is 0.235. The molecule has 0 saturated heterocycles. The molecular formula is C21H27N3O2. The van der Waals surface area contributed by atoms with Gasteiger partial charge in [0.15, 0.2) is 5.96 Å². The van der Waals surface area contributed by atoms with E-state index in [9.17, 15) is 0 Å². The molecular weight excluding hydrogens is 326 g/mol. The molecule has 1 heterocycles. The van der Waals surface area contributed by atoms with Gasteiger partial charge in [-0.15, -0.1) is 0 Å². The Hall–Kier alpha value is -2.69. The van der Waals surface area contributed by atoms with E-state index in [1.54, 1.807) is 14.2 Å².